The Morgan fingerprint density at radius 1 is 0.889 bits per heavy atom. The molecule has 11 heteroatoms. The molecule has 0 unspecified atom stereocenters. The van der Waals surface area contributed by atoms with Crippen molar-refractivity contribution in [1.29, 1.82) is 0 Å². The van der Waals surface area contributed by atoms with Crippen LogP contribution in [0.15, 0.2) is 42.6 Å². The summed E-state index contributed by atoms with van der Waals surface area (Å²) in [7, 11) is 3.56. The van der Waals surface area contributed by atoms with Gasteiger partial charge in [-0.2, -0.15) is 0 Å². The summed E-state index contributed by atoms with van der Waals surface area (Å²) >= 11 is 0. The number of fused-ring (bicyclic) bond motifs is 1. The highest BCUT2D eigenvalue weighted by atomic mass is 16.4. The van der Waals surface area contributed by atoms with Crippen LogP contribution >= 0.6 is 0 Å². The van der Waals surface area contributed by atoms with E-state index in [9.17, 15) is 19.2 Å². The van der Waals surface area contributed by atoms with Gasteiger partial charge in [0, 0.05) is 25.9 Å². The minimum Gasteiger partial charge on any atom is -0.481 e. The minimum absolute atomic E-state index is 0.0710. The molecule has 0 aliphatic rings. The van der Waals surface area contributed by atoms with Gasteiger partial charge in [-0.05, 0) is 25.5 Å². The Morgan fingerprint density at radius 3 is 1.89 bits per heavy atom. The normalized spacial score (nSPS) is 10.9. The van der Waals surface area contributed by atoms with E-state index in [1.807, 2.05) is 29.7 Å². The van der Waals surface area contributed by atoms with Crippen molar-refractivity contribution in [3.63, 3.8) is 0 Å². The third-order valence-electron chi connectivity index (χ3n) is 5.29. The Bertz CT molecular complexity index is 1260. The summed E-state index contributed by atoms with van der Waals surface area (Å²) in [5.41, 5.74) is 3.34. The molecule has 3 rings (SSSR count). The summed E-state index contributed by atoms with van der Waals surface area (Å²) in [6.07, 6.45) is 0.0857. The van der Waals surface area contributed by atoms with Crippen molar-refractivity contribution < 1.29 is 39.6 Å². The number of rotatable bonds is 8. The van der Waals surface area contributed by atoms with Crippen LogP contribution in [-0.2, 0) is 25.6 Å². The highest BCUT2D eigenvalue weighted by Gasteiger charge is 2.40. The van der Waals surface area contributed by atoms with Gasteiger partial charge in [-0.1, -0.05) is 35.9 Å². The third kappa shape index (κ3) is 7.12. The molecule has 4 N–H and O–H groups in total. The van der Waals surface area contributed by atoms with Gasteiger partial charge in [0.05, 0.1) is 30.7 Å². The predicted molar refractivity (Wildman–Crippen MR) is 130 cm³/mol. The monoisotopic (exact) mass is 499 g/mol. The van der Waals surface area contributed by atoms with Gasteiger partial charge in [-0.3, -0.25) is 14.4 Å². The number of hydrogen-bond acceptors (Lipinski definition) is 6. The minimum atomic E-state index is -2.74. The van der Waals surface area contributed by atoms with E-state index in [-0.39, 0.29) is 5.91 Å². The van der Waals surface area contributed by atoms with E-state index in [1.54, 1.807) is 19.0 Å². The van der Waals surface area contributed by atoms with Gasteiger partial charge in [-0.25, -0.2) is 9.78 Å². The molecule has 0 aliphatic heterocycles. The topological polar surface area (TPSA) is 170 Å². The summed E-state index contributed by atoms with van der Waals surface area (Å²) in [6.45, 7) is 4.11. The standard InChI is InChI=1S/C19H21N3O.C6H8O7/c1-13-5-8-15(9-6-13)19-16(11-18(23)21(3)4)22-12-14(2)7-10-17(22)20-19;7-3(8)1-6(13,5(11)12)2-4(9)10/h5-10,12H,11H2,1-4H3;13H,1-2H2,(H,7,8)(H,9,10)(H,11,12). The van der Waals surface area contributed by atoms with Gasteiger partial charge < -0.3 is 29.7 Å². The van der Waals surface area contributed by atoms with Crippen LogP contribution in [0.25, 0.3) is 16.9 Å². The molecule has 0 radical (unpaired) electrons. The van der Waals surface area contributed by atoms with E-state index in [0.29, 0.717) is 6.42 Å². The lowest BCUT2D eigenvalue weighted by Crippen LogP contribution is -2.42. The lowest BCUT2D eigenvalue weighted by molar-refractivity contribution is -0.170. The van der Waals surface area contributed by atoms with E-state index >= 15 is 0 Å². The first-order chi connectivity index (χ1) is 16.7. The number of carboxylic acids is 3. The maximum Gasteiger partial charge on any atom is 0.336 e. The van der Waals surface area contributed by atoms with Crippen molar-refractivity contribution in [2.75, 3.05) is 14.1 Å². The molecule has 0 saturated heterocycles. The number of pyridine rings is 1. The number of aryl methyl sites for hydroxylation is 2. The zero-order valence-electron chi connectivity index (χ0n) is 20.4. The van der Waals surface area contributed by atoms with Crippen molar-refractivity contribution in [1.82, 2.24) is 14.3 Å². The van der Waals surface area contributed by atoms with Gasteiger partial charge in [0.2, 0.25) is 5.91 Å². The number of aromatic nitrogens is 2. The number of carboxylic acid groups (broad SMARTS) is 3. The first kappa shape index (κ1) is 28.0. The molecule has 36 heavy (non-hydrogen) atoms. The number of hydrogen-bond donors (Lipinski definition) is 4. The summed E-state index contributed by atoms with van der Waals surface area (Å²) < 4.78 is 2.03. The number of benzene rings is 1. The molecule has 0 saturated carbocycles. The smallest absolute Gasteiger partial charge is 0.336 e. The molecule has 192 valence electrons. The maximum absolute atomic E-state index is 12.3. The summed E-state index contributed by atoms with van der Waals surface area (Å²) in [6, 6.07) is 12.3. The fraction of sp³-hybridized carbons (Fsp3) is 0.320. The van der Waals surface area contributed by atoms with E-state index in [2.05, 4.69) is 31.2 Å². The molecule has 2 heterocycles. The maximum atomic E-state index is 12.3. The summed E-state index contributed by atoms with van der Waals surface area (Å²) in [5.74, 6) is -4.95. The van der Waals surface area contributed by atoms with Gasteiger partial charge in [0.25, 0.3) is 0 Å². The number of amides is 1. The van der Waals surface area contributed by atoms with E-state index < -0.39 is 36.4 Å². The second-order valence-corrected chi connectivity index (χ2v) is 8.65. The first-order valence-electron chi connectivity index (χ1n) is 10.9. The largest absolute Gasteiger partial charge is 0.481 e. The van der Waals surface area contributed by atoms with Crippen molar-refractivity contribution in [2.24, 2.45) is 0 Å². The lowest BCUT2D eigenvalue weighted by atomic mass is 9.96. The average molecular weight is 500 g/mol. The number of carbonyl (C=O) groups excluding carboxylic acids is 1. The van der Waals surface area contributed by atoms with Crippen LogP contribution in [0.2, 0.25) is 0 Å². The van der Waals surface area contributed by atoms with Crippen LogP contribution in [0.3, 0.4) is 0 Å². The van der Waals surface area contributed by atoms with Gasteiger partial charge in [-0.15, -0.1) is 0 Å². The second kappa shape index (κ2) is 11.5. The molecule has 11 nitrogen and oxygen atoms in total. The highest BCUT2D eigenvalue weighted by molar-refractivity contribution is 5.88. The van der Waals surface area contributed by atoms with Crippen LogP contribution in [0.4, 0.5) is 0 Å². The highest BCUT2D eigenvalue weighted by Crippen LogP contribution is 2.26. The molecular formula is C25H29N3O8. The number of aliphatic carboxylic acids is 3. The number of imidazole rings is 1. The van der Waals surface area contributed by atoms with Gasteiger partial charge >= 0.3 is 17.9 Å². The summed E-state index contributed by atoms with van der Waals surface area (Å²) in [4.78, 5) is 49.1. The van der Waals surface area contributed by atoms with Crippen LogP contribution in [0.5, 0.6) is 0 Å². The average Bonchev–Trinajstić information content (AvgIpc) is 3.11. The molecule has 1 amide bonds. The fourth-order valence-corrected chi connectivity index (χ4v) is 3.33. The molecule has 0 spiro atoms. The lowest BCUT2D eigenvalue weighted by Gasteiger charge is -2.18. The third-order valence-corrected chi connectivity index (χ3v) is 5.29. The molecular weight excluding hydrogens is 470 g/mol. The molecule has 1 aromatic carbocycles. The molecule has 0 atom stereocenters. The van der Waals surface area contributed by atoms with Crippen molar-refractivity contribution in [3.8, 4) is 11.3 Å². The van der Waals surface area contributed by atoms with Gasteiger partial charge in [0.1, 0.15) is 5.65 Å². The second-order valence-electron chi connectivity index (χ2n) is 8.65. The number of likely N-dealkylation sites (N-methyl/N-ethyl adjacent to an activating group) is 1. The molecule has 0 aliphatic carbocycles. The van der Waals surface area contributed by atoms with Gasteiger partial charge in [0.15, 0.2) is 5.60 Å². The Balaban J connectivity index is 0.000000302. The SMILES string of the molecule is Cc1ccc(-c2nc3ccc(C)cn3c2CC(=O)N(C)C)cc1.O=C(O)CC(O)(CC(=O)O)C(=O)O. The van der Waals surface area contributed by atoms with E-state index in [4.69, 9.17) is 25.4 Å². The molecule has 3 aromatic rings. The molecule has 0 bridgehead atoms. The Kier molecular flexibility index (Phi) is 8.90. The first-order valence-corrected chi connectivity index (χ1v) is 10.9. The number of carbonyl (C=O) groups is 4. The Labute approximate surface area is 207 Å². The Morgan fingerprint density at radius 2 is 1.42 bits per heavy atom. The zero-order valence-corrected chi connectivity index (χ0v) is 20.4. The summed E-state index contributed by atoms with van der Waals surface area (Å²) in [5, 5.41) is 33.8. The van der Waals surface area contributed by atoms with Crippen LogP contribution in [-0.4, -0.2) is 78.2 Å². The fourth-order valence-electron chi connectivity index (χ4n) is 3.33. The van der Waals surface area contributed by atoms with E-state index in [1.165, 1.54) is 5.56 Å². The number of nitrogens with zero attached hydrogens (tertiary/aromatic N) is 3. The quantitative estimate of drug-likeness (QED) is 0.362. The van der Waals surface area contributed by atoms with Crippen molar-refractivity contribution in [3.05, 3.63) is 59.4 Å². The van der Waals surface area contributed by atoms with Crippen LogP contribution in [0, 0.1) is 13.8 Å². The van der Waals surface area contributed by atoms with Crippen molar-refractivity contribution in [2.45, 2.75) is 38.7 Å². The predicted octanol–water partition coefficient (Wildman–Crippen LogP) is 2.00. The molecule has 2 aromatic heterocycles. The van der Waals surface area contributed by atoms with E-state index in [0.717, 1.165) is 28.2 Å². The zero-order chi connectivity index (χ0) is 27.2. The number of aliphatic hydroxyl groups is 1. The molecule has 0 fully saturated rings. The van der Waals surface area contributed by atoms with Crippen LogP contribution in [0.1, 0.15) is 29.7 Å². The Hall–Kier alpha value is -4.25. The van der Waals surface area contributed by atoms with Crippen LogP contribution < -0.4 is 0 Å². The van der Waals surface area contributed by atoms with Crippen molar-refractivity contribution >= 4 is 29.5 Å².